The van der Waals surface area contributed by atoms with Crippen LogP contribution in [0.2, 0.25) is 0 Å². The van der Waals surface area contributed by atoms with Gasteiger partial charge in [-0.2, -0.15) is 0 Å². The molecule has 1 amide bonds. The third kappa shape index (κ3) is 2.28. The monoisotopic (exact) mass is 291 g/mol. The second-order valence-electron chi connectivity index (χ2n) is 4.67. The summed E-state index contributed by atoms with van der Waals surface area (Å²) in [5.74, 6) is 0.0589. The van der Waals surface area contributed by atoms with Crippen molar-refractivity contribution in [3.05, 3.63) is 51.2 Å². The number of fused-ring (bicyclic) bond motifs is 1. The molecule has 19 heavy (non-hydrogen) atoms. The van der Waals surface area contributed by atoms with E-state index >= 15 is 0 Å². The van der Waals surface area contributed by atoms with Crippen LogP contribution in [0.4, 0.5) is 5.69 Å². The van der Waals surface area contributed by atoms with E-state index in [9.17, 15) is 4.79 Å². The summed E-state index contributed by atoms with van der Waals surface area (Å²) in [6.07, 6.45) is 1.45. The zero-order valence-electron chi connectivity index (χ0n) is 10.6. The van der Waals surface area contributed by atoms with Crippen molar-refractivity contribution in [2.45, 2.75) is 25.1 Å². The minimum atomic E-state index is -0.129. The van der Waals surface area contributed by atoms with Crippen molar-refractivity contribution < 1.29 is 4.79 Å². The van der Waals surface area contributed by atoms with Crippen molar-refractivity contribution in [3.8, 4) is 0 Å². The summed E-state index contributed by atoms with van der Waals surface area (Å²) < 4.78 is 0. The predicted octanol–water partition coefficient (Wildman–Crippen LogP) is 4.13. The SMILES string of the molecule is CCc1ccsc1C(Cl)c1ccc2c(c1)CC(=O)N2. The summed E-state index contributed by atoms with van der Waals surface area (Å²) in [7, 11) is 0. The maximum atomic E-state index is 11.4. The Labute approximate surface area is 121 Å². The van der Waals surface area contributed by atoms with Crippen molar-refractivity contribution >= 4 is 34.5 Å². The number of anilines is 1. The van der Waals surface area contributed by atoms with Crippen LogP contribution in [-0.4, -0.2) is 5.91 Å². The zero-order valence-corrected chi connectivity index (χ0v) is 12.1. The normalized spacial score (nSPS) is 15.2. The quantitative estimate of drug-likeness (QED) is 0.846. The van der Waals surface area contributed by atoms with Crippen molar-refractivity contribution in [2.75, 3.05) is 5.32 Å². The van der Waals surface area contributed by atoms with E-state index in [2.05, 4.69) is 23.7 Å². The number of alkyl halides is 1. The molecule has 1 unspecified atom stereocenters. The van der Waals surface area contributed by atoms with Gasteiger partial charge in [-0.05, 0) is 40.6 Å². The molecule has 1 N–H and O–H groups in total. The fourth-order valence-corrected chi connectivity index (χ4v) is 3.85. The second kappa shape index (κ2) is 4.99. The van der Waals surface area contributed by atoms with Crippen molar-refractivity contribution in [1.82, 2.24) is 0 Å². The Morgan fingerprint density at radius 1 is 1.42 bits per heavy atom. The number of nitrogens with one attached hydrogen (secondary N) is 1. The largest absolute Gasteiger partial charge is 0.326 e. The summed E-state index contributed by atoms with van der Waals surface area (Å²) in [4.78, 5) is 12.6. The number of rotatable bonds is 3. The van der Waals surface area contributed by atoms with Crippen LogP contribution in [0, 0.1) is 0 Å². The molecule has 1 aromatic heterocycles. The molecule has 1 aliphatic rings. The molecule has 4 heteroatoms. The Morgan fingerprint density at radius 3 is 3.05 bits per heavy atom. The first-order valence-corrected chi connectivity index (χ1v) is 7.63. The maximum Gasteiger partial charge on any atom is 0.228 e. The van der Waals surface area contributed by atoms with Crippen molar-refractivity contribution in [2.24, 2.45) is 0 Å². The standard InChI is InChI=1S/C15H14ClNOS/c1-2-9-5-6-19-15(9)14(16)10-3-4-12-11(7-10)8-13(18)17-12/h3-7,14H,2,8H2,1H3,(H,17,18). The van der Waals surface area contributed by atoms with Crippen LogP contribution in [0.25, 0.3) is 0 Å². The molecule has 0 bridgehead atoms. The van der Waals surface area contributed by atoms with Gasteiger partial charge in [0.15, 0.2) is 0 Å². The highest BCUT2D eigenvalue weighted by atomic mass is 35.5. The third-order valence-electron chi connectivity index (χ3n) is 3.44. The Balaban J connectivity index is 1.95. The lowest BCUT2D eigenvalue weighted by atomic mass is 10.0. The minimum Gasteiger partial charge on any atom is -0.326 e. The fourth-order valence-electron chi connectivity index (χ4n) is 2.42. The van der Waals surface area contributed by atoms with E-state index in [-0.39, 0.29) is 11.3 Å². The number of carbonyl (C=O) groups excluding carboxylic acids is 1. The molecule has 2 aromatic rings. The van der Waals surface area contributed by atoms with Gasteiger partial charge in [-0.25, -0.2) is 0 Å². The number of benzene rings is 1. The van der Waals surface area contributed by atoms with E-state index in [4.69, 9.17) is 11.6 Å². The first-order chi connectivity index (χ1) is 9.19. The van der Waals surface area contributed by atoms with Gasteiger partial charge >= 0.3 is 0 Å². The summed E-state index contributed by atoms with van der Waals surface area (Å²) in [6.45, 7) is 2.14. The molecule has 1 atom stereocenters. The molecule has 1 aliphatic heterocycles. The topological polar surface area (TPSA) is 29.1 Å². The number of aryl methyl sites for hydroxylation is 1. The Bertz CT molecular complexity index is 635. The van der Waals surface area contributed by atoms with Crippen LogP contribution in [-0.2, 0) is 17.6 Å². The first-order valence-electron chi connectivity index (χ1n) is 6.32. The van der Waals surface area contributed by atoms with Crippen LogP contribution in [0.3, 0.4) is 0 Å². The van der Waals surface area contributed by atoms with Gasteiger partial charge in [0.05, 0.1) is 11.8 Å². The van der Waals surface area contributed by atoms with Crippen molar-refractivity contribution in [3.63, 3.8) is 0 Å². The Hall–Kier alpha value is -1.32. The lowest BCUT2D eigenvalue weighted by Gasteiger charge is -2.11. The van der Waals surface area contributed by atoms with E-state index in [0.29, 0.717) is 6.42 Å². The zero-order chi connectivity index (χ0) is 13.4. The van der Waals surface area contributed by atoms with Gasteiger partial charge in [-0.15, -0.1) is 22.9 Å². The molecular weight excluding hydrogens is 278 g/mol. The molecule has 0 radical (unpaired) electrons. The first kappa shape index (κ1) is 12.7. The fraction of sp³-hybridized carbons (Fsp3) is 0.267. The van der Waals surface area contributed by atoms with Crippen LogP contribution in [0.15, 0.2) is 29.6 Å². The number of halogens is 1. The average Bonchev–Trinajstić information content (AvgIpc) is 3.01. The van der Waals surface area contributed by atoms with Crippen LogP contribution >= 0.6 is 22.9 Å². The van der Waals surface area contributed by atoms with Gasteiger partial charge in [0.1, 0.15) is 0 Å². The second-order valence-corrected chi connectivity index (χ2v) is 6.05. The summed E-state index contributed by atoms with van der Waals surface area (Å²) >= 11 is 8.30. The smallest absolute Gasteiger partial charge is 0.228 e. The van der Waals surface area contributed by atoms with Gasteiger partial charge in [-0.3, -0.25) is 4.79 Å². The number of hydrogen-bond donors (Lipinski definition) is 1. The summed E-state index contributed by atoms with van der Waals surface area (Å²) in [5, 5.41) is 4.80. The van der Waals surface area contributed by atoms with Crippen LogP contribution < -0.4 is 5.32 Å². The number of hydrogen-bond acceptors (Lipinski definition) is 2. The van der Waals surface area contributed by atoms with Gasteiger partial charge in [0.2, 0.25) is 5.91 Å². The highest BCUT2D eigenvalue weighted by Gasteiger charge is 2.21. The lowest BCUT2D eigenvalue weighted by molar-refractivity contribution is -0.115. The molecular formula is C15H14ClNOS. The average molecular weight is 292 g/mol. The van der Waals surface area contributed by atoms with E-state index in [0.717, 1.165) is 23.2 Å². The van der Waals surface area contributed by atoms with Crippen LogP contribution in [0.1, 0.15) is 33.9 Å². The molecule has 98 valence electrons. The third-order valence-corrected chi connectivity index (χ3v) is 5.06. The van der Waals surface area contributed by atoms with E-state index in [1.54, 1.807) is 11.3 Å². The maximum absolute atomic E-state index is 11.4. The summed E-state index contributed by atoms with van der Waals surface area (Å²) in [5.41, 5.74) is 4.33. The molecule has 1 aromatic carbocycles. The molecule has 0 saturated heterocycles. The Morgan fingerprint density at radius 2 is 2.26 bits per heavy atom. The van der Waals surface area contributed by atoms with Crippen molar-refractivity contribution in [1.29, 1.82) is 0 Å². The van der Waals surface area contributed by atoms with Gasteiger partial charge in [0, 0.05) is 10.6 Å². The van der Waals surface area contributed by atoms with E-state index in [1.807, 2.05) is 18.2 Å². The predicted molar refractivity (Wildman–Crippen MR) is 80.2 cm³/mol. The highest BCUT2D eigenvalue weighted by molar-refractivity contribution is 7.10. The van der Waals surface area contributed by atoms with Gasteiger partial charge < -0.3 is 5.32 Å². The van der Waals surface area contributed by atoms with E-state index < -0.39 is 0 Å². The van der Waals surface area contributed by atoms with Crippen LogP contribution in [0.5, 0.6) is 0 Å². The molecule has 2 nitrogen and oxygen atoms in total. The number of carbonyl (C=O) groups is 1. The Kier molecular flexibility index (Phi) is 3.33. The minimum absolute atomic E-state index is 0.0589. The number of amides is 1. The molecule has 0 spiro atoms. The highest BCUT2D eigenvalue weighted by Crippen LogP contribution is 2.37. The molecule has 0 fully saturated rings. The van der Waals surface area contributed by atoms with Gasteiger partial charge in [-0.1, -0.05) is 19.1 Å². The van der Waals surface area contributed by atoms with E-state index in [1.165, 1.54) is 10.4 Å². The molecule has 0 aliphatic carbocycles. The lowest BCUT2D eigenvalue weighted by Crippen LogP contribution is -2.03. The summed E-state index contributed by atoms with van der Waals surface area (Å²) in [6, 6.07) is 8.13. The molecule has 3 rings (SSSR count). The molecule has 2 heterocycles. The molecule has 0 saturated carbocycles. The number of thiophene rings is 1. The van der Waals surface area contributed by atoms with Gasteiger partial charge in [0.25, 0.3) is 0 Å².